The van der Waals surface area contributed by atoms with Crippen LogP contribution in [0.5, 0.6) is 0 Å². The molecule has 1 heterocycles. The molecule has 1 saturated heterocycles. The second kappa shape index (κ2) is 4.93. The van der Waals surface area contributed by atoms with Crippen LogP contribution in [0.4, 0.5) is 10.1 Å². The summed E-state index contributed by atoms with van der Waals surface area (Å²) in [5.74, 6) is -0.496. The van der Waals surface area contributed by atoms with Crippen LogP contribution in [-0.4, -0.2) is 22.7 Å². The molecule has 0 spiro atoms. The highest BCUT2D eigenvalue weighted by Gasteiger charge is 2.23. The molecule has 0 saturated carbocycles. The summed E-state index contributed by atoms with van der Waals surface area (Å²) in [7, 11) is -1.35. The molecule has 1 fully saturated rings. The van der Waals surface area contributed by atoms with Crippen LogP contribution >= 0.6 is 0 Å². The van der Waals surface area contributed by atoms with Gasteiger partial charge in [-0.05, 0) is 31.0 Å². The number of halogens is 1. The van der Waals surface area contributed by atoms with E-state index in [0.717, 1.165) is 12.8 Å². The van der Waals surface area contributed by atoms with Crippen LogP contribution in [-0.2, 0) is 15.5 Å². The highest BCUT2D eigenvalue weighted by Crippen LogP contribution is 2.22. The average molecular weight is 243 g/mol. The van der Waals surface area contributed by atoms with Crippen molar-refractivity contribution in [3.05, 3.63) is 24.0 Å². The lowest BCUT2D eigenvalue weighted by molar-refractivity contribution is 0.100. The average Bonchev–Trinajstić information content (AvgIpc) is 2.29. The van der Waals surface area contributed by atoms with Crippen molar-refractivity contribution in [2.75, 3.05) is 18.9 Å². The number of ether oxygens (including phenoxy) is 1. The van der Waals surface area contributed by atoms with Gasteiger partial charge in [-0.2, -0.15) is 0 Å². The Labute approximate surface area is 96.2 Å². The summed E-state index contributed by atoms with van der Waals surface area (Å²) in [6.45, 7) is 1.15. The zero-order valence-electron chi connectivity index (χ0n) is 8.82. The molecule has 1 aliphatic rings. The van der Waals surface area contributed by atoms with Crippen molar-refractivity contribution in [3.8, 4) is 0 Å². The molecular weight excluding hydrogens is 229 g/mol. The van der Waals surface area contributed by atoms with Crippen molar-refractivity contribution >= 4 is 16.5 Å². The second-order valence-corrected chi connectivity index (χ2v) is 5.53. The van der Waals surface area contributed by atoms with Gasteiger partial charge < -0.3 is 10.5 Å². The minimum Gasteiger partial charge on any atom is -0.399 e. The summed E-state index contributed by atoms with van der Waals surface area (Å²) in [5, 5.41) is -0.105. The first-order valence-corrected chi connectivity index (χ1v) is 6.43. The van der Waals surface area contributed by atoms with E-state index in [2.05, 4.69) is 0 Å². The number of anilines is 1. The zero-order chi connectivity index (χ0) is 11.5. The van der Waals surface area contributed by atoms with Crippen molar-refractivity contribution in [2.45, 2.75) is 23.0 Å². The fourth-order valence-corrected chi connectivity index (χ4v) is 3.15. The number of rotatable bonds is 2. The largest absolute Gasteiger partial charge is 0.399 e. The van der Waals surface area contributed by atoms with Crippen molar-refractivity contribution in [2.24, 2.45) is 0 Å². The van der Waals surface area contributed by atoms with Gasteiger partial charge in [-0.15, -0.1) is 0 Å². The minimum atomic E-state index is -1.35. The third-order valence-electron chi connectivity index (χ3n) is 2.59. The van der Waals surface area contributed by atoms with Crippen LogP contribution in [0.25, 0.3) is 0 Å². The van der Waals surface area contributed by atoms with Crippen LogP contribution in [0.15, 0.2) is 23.1 Å². The summed E-state index contributed by atoms with van der Waals surface area (Å²) in [6, 6.07) is 4.27. The molecule has 0 aromatic heterocycles. The maximum Gasteiger partial charge on any atom is 0.141 e. The molecular formula is C11H14FNO2S. The Balaban J connectivity index is 2.19. The van der Waals surface area contributed by atoms with Crippen LogP contribution in [0.1, 0.15) is 12.8 Å². The van der Waals surface area contributed by atoms with E-state index >= 15 is 0 Å². The van der Waals surface area contributed by atoms with E-state index in [1.165, 1.54) is 12.1 Å². The van der Waals surface area contributed by atoms with E-state index in [4.69, 9.17) is 10.5 Å². The summed E-state index contributed by atoms with van der Waals surface area (Å²) in [4.78, 5) is 0.227. The van der Waals surface area contributed by atoms with Gasteiger partial charge in [-0.1, -0.05) is 0 Å². The van der Waals surface area contributed by atoms with Gasteiger partial charge in [0.05, 0.1) is 27.6 Å². The van der Waals surface area contributed by atoms with Crippen LogP contribution in [0.2, 0.25) is 0 Å². The van der Waals surface area contributed by atoms with Gasteiger partial charge in [0.25, 0.3) is 0 Å². The molecule has 1 aromatic carbocycles. The molecule has 0 aliphatic carbocycles. The Morgan fingerprint density at radius 1 is 1.50 bits per heavy atom. The Hall–Kier alpha value is -0.940. The highest BCUT2D eigenvalue weighted by molar-refractivity contribution is 7.85. The summed E-state index contributed by atoms with van der Waals surface area (Å²) >= 11 is 0. The molecule has 5 heteroatoms. The van der Waals surface area contributed by atoms with E-state index in [-0.39, 0.29) is 10.1 Å². The number of hydrogen-bond donors (Lipinski definition) is 1. The van der Waals surface area contributed by atoms with Crippen LogP contribution < -0.4 is 5.73 Å². The van der Waals surface area contributed by atoms with Gasteiger partial charge in [0.1, 0.15) is 5.82 Å². The lowest BCUT2D eigenvalue weighted by atomic mass is 10.2. The molecule has 0 radical (unpaired) electrons. The fraction of sp³-hybridized carbons (Fsp3) is 0.455. The SMILES string of the molecule is Nc1ccc(S(=O)C2CCCOC2)c(F)c1. The van der Waals surface area contributed by atoms with Crippen LogP contribution in [0.3, 0.4) is 0 Å². The predicted octanol–water partition coefficient (Wildman–Crippen LogP) is 1.69. The third-order valence-corrected chi connectivity index (χ3v) is 4.34. The standard InChI is InChI=1S/C11H14FNO2S/c12-10-6-8(13)3-4-11(10)16(14)9-2-1-5-15-7-9/h3-4,6,9H,1-2,5,7,13H2. The van der Waals surface area contributed by atoms with E-state index in [9.17, 15) is 8.60 Å². The van der Waals surface area contributed by atoms with Gasteiger partial charge in [-0.3, -0.25) is 4.21 Å². The second-order valence-electron chi connectivity index (χ2n) is 3.83. The molecule has 3 nitrogen and oxygen atoms in total. The normalized spacial score (nSPS) is 22.9. The fourth-order valence-electron chi connectivity index (χ4n) is 1.74. The van der Waals surface area contributed by atoms with Gasteiger partial charge in [0, 0.05) is 12.3 Å². The molecule has 88 valence electrons. The van der Waals surface area contributed by atoms with Crippen molar-refractivity contribution < 1.29 is 13.3 Å². The maximum atomic E-state index is 13.5. The van der Waals surface area contributed by atoms with E-state index in [0.29, 0.717) is 18.9 Å². The Morgan fingerprint density at radius 2 is 2.31 bits per heavy atom. The molecule has 2 rings (SSSR count). The number of hydrogen-bond acceptors (Lipinski definition) is 3. The summed E-state index contributed by atoms with van der Waals surface area (Å²) < 4.78 is 30.9. The lowest BCUT2D eigenvalue weighted by Crippen LogP contribution is -2.27. The lowest BCUT2D eigenvalue weighted by Gasteiger charge is -2.21. The van der Waals surface area contributed by atoms with Crippen LogP contribution in [0, 0.1) is 5.82 Å². The Kier molecular flexibility index (Phi) is 3.56. The van der Waals surface area contributed by atoms with E-state index in [1.807, 2.05) is 0 Å². The molecule has 2 N–H and O–H groups in total. The topological polar surface area (TPSA) is 52.3 Å². The molecule has 0 amide bonds. The first-order valence-electron chi connectivity index (χ1n) is 5.22. The Morgan fingerprint density at radius 3 is 2.94 bits per heavy atom. The van der Waals surface area contributed by atoms with E-state index in [1.54, 1.807) is 6.07 Å². The van der Waals surface area contributed by atoms with Crippen molar-refractivity contribution in [3.63, 3.8) is 0 Å². The quantitative estimate of drug-likeness (QED) is 0.804. The molecule has 2 atom stereocenters. The third kappa shape index (κ3) is 2.41. The van der Waals surface area contributed by atoms with Gasteiger partial charge in [0.2, 0.25) is 0 Å². The first kappa shape index (κ1) is 11.5. The number of benzene rings is 1. The number of nitrogen functional groups attached to an aromatic ring is 1. The van der Waals surface area contributed by atoms with E-state index < -0.39 is 16.6 Å². The Bertz CT molecular complexity index is 405. The highest BCUT2D eigenvalue weighted by atomic mass is 32.2. The molecule has 16 heavy (non-hydrogen) atoms. The first-order chi connectivity index (χ1) is 7.68. The minimum absolute atomic E-state index is 0.105. The zero-order valence-corrected chi connectivity index (χ0v) is 9.63. The molecule has 2 unspecified atom stereocenters. The molecule has 0 bridgehead atoms. The van der Waals surface area contributed by atoms with Gasteiger partial charge in [0.15, 0.2) is 0 Å². The summed E-state index contributed by atoms with van der Waals surface area (Å²) in [5.41, 5.74) is 5.79. The maximum absolute atomic E-state index is 13.5. The predicted molar refractivity (Wildman–Crippen MR) is 61.1 cm³/mol. The van der Waals surface area contributed by atoms with Crippen molar-refractivity contribution in [1.29, 1.82) is 0 Å². The van der Waals surface area contributed by atoms with Gasteiger partial charge >= 0.3 is 0 Å². The number of nitrogens with two attached hydrogens (primary N) is 1. The van der Waals surface area contributed by atoms with Gasteiger partial charge in [-0.25, -0.2) is 4.39 Å². The van der Waals surface area contributed by atoms with Crippen molar-refractivity contribution in [1.82, 2.24) is 0 Å². The smallest absolute Gasteiger partial charge is 0.141 e. The molecule has 1 aliphatic heterocycles. The molecule has 1 aromatic rings. The summed E-state index contributed by atoms with van der Waals surface area (Å²) in [6.07, 6.45) is 1.70. The monoisotopic (exact) mass is 243 g/mol.